The molecule has 0 heterocycles. The van der Waals surface area contributed by atoms with E-state index in [9.17, 15) is 23.1 Å². The van der Waals surface area contributed by atoms with Crippen molar-refractivity contribution < 1.29 is 23.1 Å². The van der Waals surface area contributed by atoms with Crippen LogP contribution in [0.5, 0.6) is 0 Å². The topological polar surface area (TPSA) is 137 Å². The minimum absolute atomic E-state index is 0.0936. The van der Waals surface area contributed by atoms with Gasteiger partial charge in [-0.1, -0.05) is 86.0 Å². The molecule has 1 saturated carbocycles. The maximum Gasteiger partial charge on any atom is 0.251 e. The van der Waals surface area contributed by atoms with Crippen LogP contribution in [-0.4, -0.2) is 56.1 Å². The average Bonchev–Trinajstić information content (AvgIpc) is 3.00. The van der Waals surface area contributed by atoms with Gasteiger partial charge in [-0.3, -0.25) is 14.3 Å². The molecular formula is C33H42N4O5S. The molecule has 4 rings (SSSR count). The van der Waals surface area contributed by atoms with Gasteiger partial charge in [-0.15, -0.1) is 0 Å². The number of anilines is 1. The largest absolute Gasteiger partial charge is 0.390 e. The summed E-state index contributed by atoms with van der Waals surface area (Å²) in [6.07, 6.45) is 4.78. The molecule has 2 amide bonds. The lowest BCUT2D eigenvalue weighted by molar-refractivity contribution is -0.123. The molecule has 0 spiro atoms. The summed E-state index contributed by atoms with van der Waals surface area (Å²) in [6.45, 7) is 1.86. The zero-order valence-corrected chi connectivity index (χ0v) is 25.4. The fourth-order valence-electron chi connectivity index (χ4n) is 5.24. The molecule has 10 heteroatoms. The van der Waals surface area contributed by atoms with Crippen LogP contribution in [0.15, 0.2) is 84.9 Å². The number of sulfonamides is 1. The van der Waals surface area contributed by atoms with Gasteiger partial charge in [0.1, 0.15) is 0 Å². The molecule has 3 aromatic rings. The van der Waals surface area contributed by atoms with Crippen molar-refractivity contribution in [3.63, 3.8) is 0 Å². The van der Waals surface area contributed by atoms with Gasteiger partial charge in [0, 0.05) is 23.8 Å². The SMILES string of the molecule is C[C@H](NC[C@@H](O)[C@H](Cc1ccccc1)NC(=O)c1cccc(NS(=O)(=O)Cc2ccccc2)c1)C(=O)NC1CCCCC1. The van der Waals surface area contributed by atoms with Gasteiger partial charge in [-0.25, -0.2) is 8.42 Å². The van der Waals surface area contributed by atoms with Crippen molar-refractivity contribution in [2.45, 2.75) is 75.4 Å². The van der Waals surface area contributed by atoms with Gasteiger partial charge in [0.25, 0.3) is 5.91 Å². The zero-order valence-electron chi connectivity index (χ0n) is 24.5. The van der Waals surface area contributed by atoms with E-state index in [2.05, 4.69) is 20.7 Å². The Labute approximate surface area is 254 Å². The Balaban J connectivity index is 1.39. The van der Waals surface area contributed by atoms with Crippen molar-refractivity contribution in [1.29, 1.82) is 0 Å². The lowest BCUT2D eigenvalue weighted by atomic mass is 9.95. The third-order valence-corrected chi connectivity index (χ3v) is 8.92. The third-order valence-electron chi connectivity index (χ3n) is 7.66. The molecule has 3 atom stereocenters. The molecule has 0 aromatic heterocycles. The minimum Gasteiger partial charge on any atom is -0.390 e. The molecule has 9 nitrogen and oxygen atoms in total. The second kappa shape index (κ2) is 15.7. The van der Waals surface area contributed by atoms with Crippen LogP contribution < -0.4 is 20.7 Å². The van der Waals surface area contributed by atoms with Crippen molar-refractivity contribution in [3.8, 4) is 0 Å². The molecule has 5 N–H and O–H groups in total. The molecule has 0 bridgehead atoms. The summed E-state index contributed by atoms with van der Waals surface area (Å²) in [5.41, 5.74) is 2.09. The Morgan fingerprint density at radius 2 is 1.53 bits per heavy atom. The van der Waals surface area contributed by atoms with Crippen LogP contribution in [0.4, 0.5) is 5.69 Å². The van der Waals surface area contributed by atoms with Crippen molar-refractivity contribution in [2.24, 2.45) is 0 Å². The summed E-state index contributed by atoms with van der Waals surface area (Å²) in [5.74, 6) is -0.749. The number of hydrogen-bond acceptors (Lipinski definition) is 6. The summed E-state index contributed by atoms with van der Waals surface area (Å²) < 4.78 is 28.0. The van der Waals surface area contributed by atoms with Gasteiger partial charge in [-0.2, -0.15) is 0 Å². The number of amides is 2. The van der Waals surface area contributed by atoms with Gasteiger partial charge in [0.2, 0.25) is 15.9 Å². The summed E-state index contributed by atoms with van der Waals surface area (Å²) in [4.78, 5) is 26.0. The molecule has 0 aliphatic heterocycles. The maximum atomic E-state index is 13.3. The summed E-state index contributed by atoms with van der Waals surface area (Å²) in [6, 6.07) is 23.6. The molecule has 0 radical (unpaired) electrons. The molecule has 230 valence electrons. The minimum atomic E-state index is -3.70. The fraction of sp³-hybridized carbons (Fsp3) is 0.394. The van der Waals surface area contributed by atoms with Crippen LogP contribution in [0.2, 0.25) is 0 Å². The van der Waals surface area contributed by atoms with Gasteiger partial charge in [0.15, 0.2) is 0 Å². The second-order valence-electron chi connectivity index (χ2n) is 11.2. The first-order chi connectivity index (χ1) is 20.7. The summed E-state index contributed by atoms with van der Waals surface area (Å²) in [7, 11) is -3.70. The van der Waals surface area contributed by atoms with E-state index < -0.39 is 34.1 Å². The molecule has 1 aliphatic carbocycles. The van der Waals surface area contributed by atoms with Crippen LogP contribution in [0, 0.1) is 0 Å². The van der Waals surface area contributed by atoms with E-state index in [1.54, 1.807) is 49.4 Å². The Bertz CT molecular complexity index is 1430. The van der Waals surface area contributed by atoms with Crippen LogP contribution in [-0.2, 0) is 27.0 Å². The van der Waals surface area contributed by atoms with Gasteiger partial charge in [0.05, 0.1) is 23.9 Å². The van der Waals surface area contributed by atoms with E-state index in [0.717, 1.165) is 31.2 Å². The van der Waals surface area contributed by atoms with E-state index >= 15 is 0 Å². The van der Waals surface area contributed by atoms with Crippen molar-refractivity contribution in [1.82, 2.24) is 16.0 Å². The molecule has 1 fully saturated rings. The molecule has 0 unspecified atom stereocenters. The Morgan fingerprint density at radius 3 is 2.21 bits per heavy atom. The van der Waals surface area contributed by atoms with Gasteiger partial charge < -0.3 is 21.1 Å². The number of rotatable bonds is 14. The maximum absolute atomic E-state index is 13.3. The first-order valence-electron chi connectivity index (χ1n) is 14.9. The molecule has 43 heavy (non-hydrogen) atoms. The van der Waals surface area contributed by atoms with E-state index in [-0.39, 0.29) is 35.5 Å². The highest BCUT2D eigenvalue weighted by Gasteiger charge is 2.25. The molecular weight excluding hydrogens is 564 g/mol. The fourth-order valence-corrected chi connectivity index (χ4v) is 6.43. The van der Waals surface area contributed by atoms with Crippen LogP contribution in [0.1, 0.15) is 60.5 Å². The third kappa shape index (κ3) is 10.5. The highest BCUT2D eigenvalue weighted by molar-refractivity contribution is 7.91. The number of nitrogens with one attached hydrogen (secondary N) is 4. The zero-order chi connectivity index (χ0) is 30.7. The van der Waals surface area contributed by atoms with E-state index in [1.165, 1.54) is 12.5 Å². The second-order valence-corrected chi connectivity index (χ2v) is 13.0. The van der Waals surface area contributed by atoms with Crippen molar-refractivity contribution in [3.05, 3.63) is 102 Å². The Hall–Kier alpha value is -3.73. The quantitative estimate of drug-likeness (QED) is 0.190. The van der Waals surface area contributed by atoms with E-state index in [4.69, 9.17) is 0 Å². The monoisotopic (exact) mass is 606 g/mol. The number of carbonyl (C=O) groups excluding carboxylic acids is 2. The number of benzene rings is 3. The number of carbonyl (C=O) groups is 2. The highest BCUT2D eigenvalue weighted by atomic mass is 32.2. The smallest absolute Gasteiger partial charge is 0.251 e. The molecule has 1 aliphatic rings. The first-order valence-corrected chi connectivity index (χ1v) is 16.5. The van der Waals surface area contributed by atoms with Crippen molar-refractivity contribution >= 4 is 27.5 Å². The van der Waals surface area contributed by atoms with E-state index in [1.807, 2.05) is 36.4 Å². The number of hydrogen-bond donors (Lipinski definition) is 5. The normalized spacial score (nSPS) is 16.0. The summed E-state index contributed by atoms with van der Waals surface area (Å²) >= 11 is 0. The predicted molar refractivity (Wildman–Crippen MR) is 169 cm³/mol. The number of aliphatic hydroxyl groups is 1. The molecule has 0 saturated heterocycles. The predicted octanol–water partition coefficient (Wildman–Crippen LogP) is 3.76. The van der Waals surface area contributed by atoms with Crippen LogP contribution in [0.25, 0.3) is 0 Å². The average molecular weight is 607 g/mol. The van der Waals surface area contributed by atoms with Gasteiger partial charge in [-0.05, 0) is 55.5 Å². The van der Waals surface area contributed by atoms with Crippen LogP contribution in [0.3, 0.4) is 0 Å². The lowest BCUT2D eigenvalue weighted by Crippen LogP contribution is -2.53. The Morgan fingerprint density at radius 1 is 0.884 bits per heavy atom. The van der Waals surface area contributed by atoms with Crippen LogP contribution >= 0.6 is 0 Å². The Kier molecular flexibility index (Phi) is 11.7. The first kappa shape index (κ1) is 32.2. The van der Waals surface area contributed by atoms with Gasteiger partial charge >= 0.3 is 0 Å². The van der Waals surface area contributed by atoms with E-state index in [0.29, 0.717) is 12.0 Å². The highest BCUT2D eigenvalue weighted by Crippen LogP contribution is 2.18. The number of aliphatic hydroxyl groups excluding tert-OH is 1. The summed E-state index contributed by atoms with van der Waals surface area (Å²) in [5, 5.41) is 20.3. The molecule has 3 aromatic carbocycles. The van der Waals surface area contributed by atoms with Crippen molar-refractivity contribution in [2.75, 3.05) is 11.3 Å². The standard InChI is InChI=1S/C33H42N4O5S/c1-24(32(39)35-28-17-9-4-10-18-28)34-22-31(38)30(20-25-12-5-2-6-13-25)36-33(40)27-16-11-19-29(21-27)37-43(41,42)23-26-14-7-3-8-15-26/h2-3,5-8,11-16,19,21,24,28,30-31,34,37-38H,4,9-10,17-18,20,22-23H2,1H3,(H,35,39)(H,36,40)/t24-,30-,31+/m0/s1. The lowest BCUT2D eigenvalue weighted by Gasteiger charge is -2.27.